The van der Waals surface area contributed by atoms with Crippen molar-refractivity contribution in [2.45, 2.75) is 26.0 Å². The quantitative estimate of drug-likeness (QED) is 0.752. The van der Waals surface area contributed by atoms with Gasteiger partial charge in [0.05, 0.1) is 12.8 Å². The Morgan fingerprint density at radius 1 is 1.46 bits per heavy atom. The zero-order valence-electron chi connectivity index (χ0n) is 14.6. The number of rotatable bonds is 5. The number of likely N-dealkylation sites (N-methyl/N-ethyl adjacent to an activating group) is 1. The van der Waals surface area contributed by atoms with E-state index in [0.29, 0.717) is 25.5 Å². The Morgan fingerprint density at radius 2 is 2.25 bits per heavy atom. The van der Waals surface area contributed by atoms with Gasteiger partial charge in [-0.15, -0.1) is 0 Å². The Morgan fingerprint density at radius 3 is 2.88 bits per heavy atom. The topological polar surface area (TPSA) is 70.9 Å². The van der Waals surface area contributed by atoms with Gasteiger partial charge in [0, 0.05) is 52.1 Å². The molecule has 3 rings (SSSR count). The molecule has 0 bridgehead atoms. The highest BCUT2D eigenvalue weighted by molar-refractivity contribution is 5.97. The van der Waals surface area contributed by atoms with Gasteiger partial charge in [-0.1, -0.05) is 0 Å². The zero-order valence-corrected chi connectivity index (χ0v) is 14.6. The third-order valence-corrected chi connectivity index (χ3v) is 4.75. The molecule has 2 aliphatic heterocycles. The first-order valence-corrected chi connectivity index (χ1v) is 8.36. The van der Waals surface area contributed by atoms with E-state index in [9.17, 15) is 9.59 Å². The molecule has 8 nitrogen and oxygen atoms in total. The van der Waals surface area contributed by atoms with Crippen LogP contribution in [0.1, 0.15) is 29.4 Å². The van der Waals surface area contributed by atoms with Crippen molar-refractivity contribution < 1.29 is 14.3 Å². The van der Waals surface area contributed by atoms with Gasteiger partial charge in [-0.3, -0.25) is 19.2 Å². The Bertz CT molecular complexity index is 629. The predicted molar refractivity (Wildman–Crippen MR) is 87.2 cm³/mol. The fourth-order valence-corrected chi connectivity index (χ4v) is 3.37. The summed E-state index contributed by atoms with van der Waals surface area (Å²) >= 11 is 0. The Labute approximate surface area is 141 Å². The van der Waals surface area contributed by atoms with E-state index in [1.165, 1.54) is 0 Å². The summed E-state index contributed by atoms with van der Waals surface area (Å²) in [5.41, 5.74) is 1.35. The number of likely N-dealkylation sites (tertiary alicyclic amines) is 1. The average Bonchev–Trinajstić information content (AvgIpc) is 3.26. The van der Waals surface area contributed by atoms with Gasteiger partial charge in [-0.05, 0) is 13.3 Å². The number of methoxy groups -OCH3 is 1. The SMILES string of the molecule is CCN1CN(C(=O)c2nn(C)cc2CN2CCC(OC)C2)CC1=O. The van der Waals surface area contributed by atoms with Gasteiger partial charge < -0.3 is 14.5 Å². The van der Waals surface area contributed by atoms with Crippen LogP contribution in [0.15, 0.2) is 6.20 Å². The second-order valence-corrected chi connectivity index (χ2v) is 6.45. The average molecular weight is 335 g/mol. The highest BCUT2D eigenvalue weighted by Crippen LogP contribution is 2.19. The molecule has 8 heteroatoms. The van der Waals surface area contributed by atoms with E-state index in [4.69, 9.17) is 4.74 Å². The Hall–Kier alpha value is -1.93. The molecule has 1 unspecified atom stereocenters. The lowest BCUT2D eigenvalue weighted by molar-refractivity contribution is -0.126. The first-order chi connectivity index (χ1) is 11.5. The number of carbonyl (C=O) groups excluding carboxylic acids is 2. The molecule has 2 fully saturated rings. The molecule has 1 aromatic heterocycles. The lowest BCUT2D eigenvalue weighted by Gasteiger charge is -2.18. The van der Waals surface area contributed by atoms with Gasteiger partial charge in [0.2, 0.25) is 5.91 Å². The molecule has 132 valence electrons. The van der Waals surface area contributed by atoms with Gasteiger partial charge in [0.15, 0.2) is 5.69 Å². The first kappa shape index (κ1) is 16.9. The number of aromatic nitrogens is 2. The van der Waals surface area contributed by atoms with E-state index in [1.807, 2.05) is 20.2 Å². The van der Waals surface area contributed by atoms with Crippen LogP contribution < -0.4 is 0 Å². The van der Waals surface area contributed by atoms with Crippen molar-refractivity contribution in [3.8, 4) is 0 Å². The number of carbonyl (C=O) groups is 2. The molecule has 1 aromatic rings. The lowest BCUT2D eigenvalue weighted by Crippen LogP contribution is -2.32. The van der Waals surface area contributed by atoms with E-state index in [2.05, 4.69) is 10.00 Å². The molecule has 2 amide bonds. The number of hydrogen-bond acceptors (Lipinski definition) is 5. The summed E-state index contributed by atoms with van der Waals surface area (Å²) in [5, 5.41) is 4.35. The largest absolute Gasteiger partial charge is 0.380 e. The minimum absolute atomic E-state index is 0.00851. The molecule has 3 heterocycles. The first-order valence-electron chi connectivity index (χ1n) is 8.36. The van der Waals surface area contributed by atoms with Gasteiger partial charge >= 0.3 is 0 Å². The van der Waals surface area contributed by atoms with Crippen LogP contribution in [0.3, 0.4) is 0 Å². The summed E-state index contributed by atoms with van der Waals surface area (Å²) < 4.78 is 7.07. The highest BCUT2D eigenvalue weighted by atomic mass is 16.5. The molecular formula is C16H25N5O3. The number of aryl methyl sites for hydroxylation is 1. The fourth-order valence-electron chi connectivity index (χ4n) is 3.37. The molecule has 24 heavy (non-hydrogen) atoms. The van der Waals surface area contributed by atoms with Crippen LogP contribution in [0.4, 0.5) is 0 Å². The molecule has 2 saturated heterocycles. The maximum absolute atomic E-state index is 12.8. The third-order valence-electron chi connectivity index (χ3n) is 4.75. The fraction of sp³-hybridized carbons (Fsp3) is 0.688. The maximum atomic E-state index is 12.8. The number of hydrogen-bond donors (Lipinski definition) is 0. The predicted octanol–water partition coefficient (Wildman–Crippen LogP) is -0.0974. The van der Waals surface area contributed by atoms with Crippen LogP contribution in [0, 0.1) is 0 Å². The molecule has 0 N–H and O–H groups in total. The van der Waals surface area contributed by atoms with Crippen molar-refractivity contribution in [3.05, 3.63) is 17.5 Å². The Balaban J connectivity index is 1.72. The van der Waals surface area contributed by atoms with Crippen molar-refractivity contribution in [2.75, 3.05) is 40.0 Å². The van der Waals surface area contributed by atoms with Crippen molar-refractivity contribution in [1.29, 1.82) is 0 Å². The second-order valence-electron chi connectivity index (χ2n) is 6.45. The molecule has 0 spiro atoms. The standard InChI is InChI=1S/C16H25N5O3/c1-4-20-11-21(10-14(20)22)16(23)15-12(7-18(2)17-15)8-19-6-5-13(9-19)24-3/h7,13H,4-6,8-11H2,1-3H3. The van der Waals surface area contributed by atoms with Crippen LogP contribution in [0.2, 0.25) is 0 Å². The van der Waals surface area contributed by atoms with Gasteiger partial charge in [0.1, 0.15) is 6.54 Å². The second kappa shape index (κ2) is 6.90. The normalized spacial score (nSPS) is 22.0. The minimum Gasteiger partial charge on any atom is -0.380 e. The lowest BCUT2D eigenvalue weighted by atomic mass is 10.2. The summed E-state index contributed by atoms with van der Waals surface area (Å²) in [6.07, 6.45) is 3.16. The van der Waals surface area contributed by atoms with E-state index < -0.39 is 0 Å². The van der Waals surface area contributed by atoms with Crippen LogP contribution in [0.25, 0.3) is 0 Å². The van der Waals surface area contributed by atoms with Crippen LogP contribution in [-0.2, 0) is 23.1 Å². The smallest absolute Gasteiger partial charge is 0.276 e. The summed E-state index contributed by atoms with van der Waals surface area (Å²) in [6.45, 7) is 5.51. The van der Waals surface area contributed by atoms with E-state index >= 15 is 0 Å². The molecule has 0 aliphatic carbocycles. The van der Waals surface area contributed by atoms with E-state index in [-0.39, 0.29) is 24.5 Å². The van der Waals surface area contributed by atoms with E-state index in [1.54, 1.807) is 21.6 Å². The van der Waals surface area contributed by atoms with Crippen molar-refractivity contribution in [1.82, 2.24) is 24.5 Å². The van der Waals surface area contributed by atoms with Crippen LogP contribution >= 0.6 is 0 Å². The minimum atomic E-state index is -0.169. The summed E-state index contributed by atoms with van der Waals surface area (Å²) in [5.74, 6) is -0.178. The maximum Gasteiger partial charge on any atom is 0.276 e. The van der Waals surface area contributed by atoms with Gasteiger partial charge in [-0.2, -0.15) is 5.10 Å². The number of nitrogens with zero attached hydrogens (tertiary/aromatic N) is 5. The summed E-state index contributed by atoms with van der Waals surface area (Å²) in [6, 6.07) is 0. The molecule has 2 aliphatic rings. The van der Waals surface area contributed by atoms with Crippen LogP contribution in [-0.4, -0.2) is 82.4 Å². The van der Waals surface area contributed by atoms with Gasteiger partial charge in [-0.25, -0.2) is 0 Å². The van der Waals surface area contributed by atoms with Gasteiger partial charge in [0.25, 0.3) is 5.91 Å². The van der Waals surface area contributed by atoms with Crippen molar-refractivity contribution >= 4 is 11.8 Å². The summed E-state index contributed by atoms with van der Waals surface area (Å²) in [4.78, 5) is 30.2. The molecule has 1 atom stereocenters. The Kier molecular flexibility index (Phi) is 4.86. The van der Waals surface area contributed by atoms with Crippen molar-refractivity contribution in [3.63, 3.8) is 0 Å². The zero-order chi connectivity index (χ0) is 17.3. The van der Waals surface area contributed by atoms with Crippen molar-refractivity contribution in [2.24, 2.45) is 7.05 Å². The molecule has 0 aromatic carbocycles. The number of amides is 2. The number of ether oxygens (including phenoxy) is 1. The van der Waals surface area contributed by atoms with Crippen LogP contribution in [0.5, 0.6) is 0 Å². The third kappa shape index (κ3) is 3.29. The molecule has 0 radical (unpaired) electrons. The molecule has 0 saturated carbocycles. The molecular weight excluding hydrogens is 310 g/mol. The highest BCUT2D eigenvalue weighted by Gasteiger charge is 2.33. The van der Waals surface area contributed by atoms with E-state index in [0.717, 1.165) is 25.1 Å². The summed E-state index contributed by atoms with van der Waals surface area (Å²) in [7, 11) is 3.55. The monoisotopic (exact) mass is 335 g/mol.